The van der Waals surface area contributed by atoms with Crippen molar-refractivity contribution in [3.05, 3.63) is 48.0 Å². The van der Waals surface area contributed by atoms with Crippen LogP contribution in [0.15, 0.2) is 42.5 Å². The van der Waals surface area contributed by atoms with Gasteiger partial charge in [-0.1, -0.05) is 36.9 Å². The second-order valence-corrected chi connectivity index (χ2v) is 7.64. The fourth-order valence-corrected chi connectivity index (χ4v) is 2.03. The largest absolute Gasteiger partial charge is 0.748 e. The van der Waals surface area contributed by atoms with E-state index in [-0.39, 0.29) is 5.91 Å². The number of hydrogen-bond donors (Lipinski definition) is 1. The van der Waals surface area contributed by atoms with Gasteiger partial charge in [0.2, 0.25) is 5.91 Å². The lowest BCUT2D eigenvalue weighted by Crippen LogP contribution is -2.41. The summed E-state index contributed by atoms with van der Waals surface area (Å²) in [6.45, 7) is 6.90. The zero-order valence-corrected chi connectivity index (χ0v) is 15.0. The van der Waals surface area contributed by atoms with E-state index >= 15 is 0 Å². The molecule has 1 rings (SSSR count). The van der Waals surface area contributed by atoms with Gasteiger partial charge >= 0.3 is 0 Å². The van der Waals surface area contributed by atoms with Gasteiger partial charge in [0.15, 0.2) is 0 Å². The summed E-state index contributed by atoms with van der Waals surface area (Å²) in [5, 5.41) is 2.78. The van der Waals surface area contributed by atoms with E-state index in [0.29, 0.717) is 17.7 Å². The minimum Gasteiger partial charge on any atom is -0.748 e. The molecular weight excluding hydrogens is 316 g/mol. The maximum atomic E-state index is 11.0. The van der Waals surface area contributed by atoms with Crippen molar-refractivity contribution in [3.63, 3.8) is 0 Å². The van der Waals surface area contributed by atoms with Crippen LogP contribution in [0.25, 0.3) is 0 Å². The Hall–Kier alpha value is -1.70. The van der Waals surface area contributed by atoms with Crippen LogP contribution in [0, 0.1) is 0 Å². The molecule has 0 aromatic heterocycles. The van der Waals surface area contributed by atoms with Gasteiger partial charge in [-0.3, -0.25) is 4.79 Å². The van der Waals surface area contributed by atoms with Gasteiger partial charge in [0.1, 0.15) is 0 Å². The third-order valence-corrected chi connectivity index (χ3v) is 3.33. The second-order valence-electron chi connectivity index (χ2n) is 6.24. The lowest BCUT2D eigenvalue weighted by Gasteiger charge is -2.23. The lowest BCUT2D eigenvalue weighted by molar-refractivity contribution is -0.869. The standard InChI is InChI=1S/C9H18N2O.C7H8O3S/c1-8(2)9(12)10-6-7-11(3,4)5;8-11(9,10)6-7-4-2-1-3-5-7/h1,6-7H2,2-5H3;1-5H,6H2,(H,8,9,10). The minimum atomic E-state index is -4.13. The third kappa shape index (κ3) is 13.7. The van der Waals surface area contributed by atoms with Crippen molar-refractivity contribution in [3.8, 4) is 0 Å². The zero-order valence-electron chi connectivity index (χ0n) is 14.2. The van der Waals surface area contributed by atoms with Crippen molar-refractivity contribution in [1.82, 2.24) is 5.32 Å². The third-order valence-electron chi connectivity index (χ3n) is 2.64. The van der Waals surface area contributed by atoms with Gasteiger partial charge in [-0.2, -0.15) is 0 Å². The van der Waals surface area contributed by atoms with E-state index in [1.807, 2.05) is 0 Å². The second kappa shape index (κ2) is 9.44. The minimum absolute atomic E-state index is 0.0524. The van der Waals surface area contributed by atoms with E-state index in [1.165, 1.54) is 0 Å². The first kappa shape index (κ1) is 21.3. The highest BCUT2D eigenvalue weighted by Gasteiger charge is 2.07. The van der Waals surface area contributed by atoms with Crippen molar-refractivity contribution < 1.29 is 22.2 Å². The van der Waals surface area contributed by atoms with Gasteiger partial charge in [0.05, 0.1) is 50.1 Å². The Morgan fingerprint density at radius 2 is 1.74 bits per heavy atom. The molecule has 0 heterocycles. The average Bonchev–Trinajstić information content (AvgIpc) is 2.37. The summed E-state index contributed by atoms with van der Waals surface area (Å²) in [5.74, 6) is -0.475. The van der Waals surface area contributed by atoms with E-state index < -0.39 is 15.9 Å². The first-order chi connectivity index (χ1) is 10.4. The van der Waals surface area contributed by atoms with Crippen LogP contribution in [0.4, 0.5) is 0 Å². The van der Waals surface area contributed by atoms with Gasteiger partial charge in [0, 0.05) is 5.57 Å². The van der Waals surface area contributed by atoms with Gasteiger partial charge < -0.3 is 14.4 Å². The van der Waals surface area contributed by atoms with Gasteiger partial charge in [-0.05, 0) is 12.5 Å². The SMILES string of the molecule is C=C(C)C(=O)NCC[N+](C)(C)C.O=S(=O)([O-])Cc1ccccc1. The topological polar surface area (TPSA) is 86.3 Å². The van der Waals surface area contributed by atoms with E-state index in [9.17, 15) is 17.8 Å². The van der Waals surface area contributed by atoms with Crippen LogP contribution in [0.1, 0.15) is 12.5 Å². The van der Waals surface area contributed by atoms with Crippen LogP contribution in [-0.2, 0) is 20.7 Å². The van der Waals surface area contributed by atoms with Crippen molar-refractivity contribution >= 4 is 16.0 Å². The molecule has 1 N–H and O–H groups in total. The van der Waals surface area contributed by atoms with E-state index in [0.717, 1.165) is 11.0 Å². The molecule has 0 unspecified atom stereocenters. The summed E-state index contributed by atoms with van der Waals surface area (Å²) < 4.78 is 31.6. The molecule has 0 saturated heterocycles. The number of nitrogens with zero attached hydrogens (tertiary/aromatic N) is 1. The molecular formula is C16H26N2O4S. The molecule has 1 aromatic rings. The van der Waals surface area contributed by atoms with Crippen LogP contribution >= 0.6 is 0 Å². The quantitative estimate of drug-likeness (QED) is 0.477. The van der Waals surface area contributed by atoms with Crippen molar-refractivity contribution in [2.75, 3.05) is 34.2 Å². The highest BCUT2D eigenvalue weighted by atomic mass is 32.2. The van der Waals surface area contributed by atoms with Crippen molar-refractivity contribution in [2.45, 2.75) is 12.7 Å². The Labute approximate surface area is 139 Å². The summed E-state index contributed by atoms with van der Waals surface area (Å²) in [6, 6.07) is 8.37. The number of likely N-dealkylation sites (N-methyl/N-ethyl adjacent to an activating group) is 1. The Morgan fingerprint density at radius 3 is 2.13 bits per heavy atom. The molecule has 0 aliphatic carbocycles. The Bertz CT molecular complexity index is 605. The maximum Gasteiger partial charge on any atom is 0.246 e. The molecule has 0 bridgehead atoms. The van der Waals surface area contributed by atoms with E-state index in [1.54, 1.807) is 37.3 Å². The van der Waals surface area contributed by atoms with E-state index in [4.69, 9.17) is 0 Å². The van der Waals surface area contributed by atoms with Crippen LogP contribution in [0.2, 0.25) is 0 Å². The Balaban J connectivity index is 0.000000422. The van der Waals surface area contributed by atoms with Gasteiger partial charge in [0.25, 0.3) is 0 Å². The Kier molecular flexibility index (Phi) is 8.74. The van der Waals surface area contributed by atoms with Crippen molar-refractivity contribution in [2.24, 2.45) is 0 Å². The number of rotatable bonds is 6. The molecule has 7 heteroatoms. The predicted molar refractivity (Wildman–Crippen MR) is 90.6 cm³/mol. The van der Waals surface area contributed by atoms with Crippen molar-refractivity contribution in [1.29, 1.82) is 0 Å². The van der Waals surface area contributed by atoms with Gasteiger partial charge in [-0.15, -0.1) is 0 Å². The summed E-state index contributed by atoms with van der Waals surface area (Å²) >= 11 is 0. The normalized spacial score (nSPS) is 11.2. The molecule has 0 fully saturated rings. The highest BCUT2D eigenvalue weighted by molar-refractivity contribution is 7.84. The molecule has 0 spiro atoms. The predicted octanol–water partition coefficient (Wildman–Crippen LogP) is 1.12. The molecule has 0 saturated carbocycles. The molecule has 23 heavy (non-hydrogen) atoms. The molecule has 0 atom stereocenters. The number of carbonyl (C=O) groups is 1. The Morgan fingerprint density at radius 1 is 1.22 bits per heavy atom. The van der Waals surface area contributed by atoms with E-state index in [2.05, 4.69) is 33.0 Å². The van der Waals surface area contributed by atoms with Crippen LogP contribution < -0.4 is 5.32 Å². The number of nitrogens with one attached hydrogen (secondary N) is 1. The maximum absolute atomic E-state index is 11.0. The summed E-state index contributed by atoms with van der Waals surface area (Å²) in [7, 11) is 2.14. The number of carbonyl (C=O) groups excluding carboxylic acids is 1. The number of hydrogen-bond acceptors (Lipinski definition) is 4. The molecule has 0 aliphatic heterocycles. The lowest BCUT2D eigenvalue weighted by atomic mass is 10.2. The number of quaternary nitrogens is 1. The molecule has 0 aliphatic rings. The first-order valence-electron chi connectivity index (χ1n) is 7.12. The summed E-state index contributed by atoms with van der Waals surface area (Å²) in [4.78, 5) is 11.0. The first-order valence-corrected chi connectivity index (χ1v) is 8.70. The summed E-state index contributed by atoms with van der Waals surface area (Å²) in [6.07, 6.45) is 0. The monoisotopic (exact) mass is 342 g/mol. The molecule has 1 aromatic carbocycles. The fourth-order valence-electron chi connectivity index (χ4n) is 1.43. The highest BCUT2D eigenvalue weighted by Crippen LogP contribution is 2.02. The molecule has 0 radical (unpaired) electrons. The fraction of sp³-hybridized carbons (Fsp3) is 0.438. The molecule has 1 amide bonds. The average molecular weight is 342 g/mol. The smallest absolute Gasteiger partial charge is 0.246 e. The van der Waals surface area contributed by atoms with Crippen LogP contribution in [0.3, 0.4) is 0 Å². The zero-order chi connectivity index (χ0) is 18.1. The molecule has 6 nitrogen and oxygen atoms in total. The van der Waals surface area contributed by atoms with Gasteiger partial charge in [-0.25, -0.2) is 8.42 Å². The number of amides is 1. The summed E-state index contributed by atoms with van der Waals surface area (Å²) in [5.41, 5.74) is 1.10. The van der Waals surface area contributed by atoms with Crippen LogP contribution in [-0.4, -0.2) is 57.6 Å². The number of benzene rings is 1. The van der Waals surface area contributed by atoms with Crippen LogP contribution in [0.5, 0.6) is 0 Å². The molecule has 130 valence electrons.